The van der Waals surface area contributed by atoms with Crippen LogP contribution >= 0.6 is 0 Å². The van der Waals surface area contributed by atoms with Gasteiger partial charge in [-0.2, -0.15) is 5.26 Å². The average Bonchev–Trinajstić information content (AvgIpc) is 2.55. The first-order valence-electron chi connectivity index (χ1n) is 8.80. The third-order valence-corrected chi connectivity index (χ3v) is 5.93. The van der Waals surface area contributed by atoms with Crippen LogP contribution in [0.4, 0.5) is 0 Å². The van der Waals surface area contributed by atoms with Crippen molar-refractivity contribution in [1.29, 1.82) is 5.26 Å². The third kappa shape index (κ3) is 3.31. The van der Waals surface area contributed by atoms with Gasteiger partial charge in [-0.15, -0.1) is 0 Å². The number of fused-ring (bicyclic) bond motifs is 1. The maximum absolute atomic E-state index is 8.91. The Bertz CT molecular complexity index is 496. The summed E-state index contributed by atoms with van der Waals surface area (Å²) in [4.78, 5) is 0. The molecule has 0 heterocycles. The van der Waals surface area contributed by atoms with Gasteiger partial charge >= 0.3 is 0 Å². The number of nitrogens with zero attached hydrogens (tertiary/aromatic N) is 1. The van der Waals surface area contributed by atoms with Crippen molar-refractivity contribution in [2.24, 2.45) is 17.8 Å². The molecule has 1 heteroatoms. The molecule has 1 aromatic carbocycles. The number of rotatable bonds is 3. The number of benzene rings is 1. The second kappa shape index (κ2) is 6.65. The van der Waals surface area contributed by atoms with E-state index in [9.17, 15) is 0 Å². The first-order valence-corrected chi connectivity index (χ1v) is 8.80. The second-order valence-electron chi connectivity index (χ2n) is 7.23. The highest BCUT2D eigenvalue weighted by atomic mass is 14.4. The molecule has 112 valence electrons. The Balaban J connectivity index is 1.61. The van der Waals surface area contributed by atoms with E-state index in [1.165, 1.54) is 56.9 Å². The molecular formula is C20H27N. The predicted octanol–water partition coefficient (Wildman–Crippen LogP) is 5.66. The van der Waals surface area contributed by atoms with Gasteiger partial charge in [-0.25, -0.2) is 0 Å². The molecule has 0 radical (unpaired) electrons. The van der Waals surface area contributed by atoms with E-state index in [1.54, 1.807) is 0 Å². The predicted molar refractivity (Wildman–Crippen MR) is 87.0 cm³/mol. The first-order chi connectivity index (χ1) is 10.3. The molecule has 0 spiro atoms. The van der Waals surface area contributed by atoms with Gasteiger partial charge in [0, 0.05) is 0 Å². The highest BCUT2D eigenvalue weighted by molar-refractivity contribution is 5.33. The molecule has 0 aromatic heterocycles. The fourth-order valence-corrected chi connectivity index (χ4v) is 4.79. The normalized spacial score (nSPS) is 32.2. The summed E-state index contributed by atoms with van der Waals surface area (Å²) in [5, 5.41) is 8.91. The van der Waals surface area contributed by atoms with Crippen LogP contribution in [0.3, 0.4) is 0 Å². The zero-order valence-electron chi connectivity index (χ0n) is 13.2. The van der Waals surface area contributed by atoms with Crippen molar-refractivity contribution in [3.05, 3.63) is 35.4 Å². The number of nitriles is 1. The molecule has 0 bridgehead atoms. The Hall–Kier alpha value is -1.29. The largest absolute Gasteiger partial charge is 0.192 e. The van der Waals surface area contributed by atoms with Crippen LogP contribution in [0, 0.1) is 29.1 Å². The Labute approximate surface area is 129 Å². The molecule has 0 N–H and O–H groups in total. The SMILES string of the molecule is CCCC1CCC2CC(c3ccc(C#N)cc3)CCC2C1. The fourth-order valence-electron chi connectivity index (χ4n) is 4.79. The van der Waals surface area contributed by atoms with E-state index in [2.05, 4.69) is 25.1 Å². The summed E-state index contributed by atoms with van der Waals surface area (Å²) in [6.45, 7) is 2.33. The molecule has 0 amide bonds. The van der Waals surface area contributed by atoms with E-state index >= 15 is 0 Å². The smallest absolute Gasteiger partial charge is 0.0991 e. The van der Waals surface area contributed by atoms with Gasteiger partial charge < -0.3 is 0 Å². The molecule has 2 aliphatic rings. The molecule has 2 aliphatic carbocycles. The first kappa shape index (κ1) is 14.6. The molecule has 2 saturated carbocycles. The summed E-state index contributed by atoms with van der Waals surface area (Å²) in [5.74, 6) is 3.72. The number of hydrogen-bond acceptors (Lipinski definition) is 1. The van der Waals surface area contributed by atoms with Crippen molar-refractivity contribution in [2.45, 2.75) is 64.2 Å². The Morgan fingerprint density at radius 1 is 1.00 bits per heavy atom. The van der Waals surface area contributed by atoms with E-state index in [-0.39, 0.29) is 0 Å². The molecule has 4 atom stereocenters. The summed E-state index contributed by atoms with van der Waals surface area (Å²) >= 11 is 0. The summed E-state index contributed by atoms with van der Waals surface area (Å²) in [7, 11) is 0. The lowest BCUT2D eigenvalue weighted by Gasteiger charge is -2.42. The Kier molecular flexibility index (Phi) is 4.63. The number of hydrogen-bond donors (Lipinski definition) is 0. The molecule has 2 fully saturated rings. The van der Waals surface area contributed by atoms with Gasteiger partial charge in [0.1, 0.15) is 0 Å². The van der Waals surface area contributed by atoms with Crippen molar-refractivity contribution < 1.29 is 0 Å². The average molecular weight is 281 g/mol. The lowest BCUT2D eigenvalue weighted by molar-refractivity contribution is 0.114. The topological polar surface area (TPSA) is 23.8 Å². The minimum absolute atomic E-state index is 0.738. The minimum atomic E-state index is 0.738. The highest BCUT2D eigenvalue weighted by Crippen LogP contribution is 2.48. The van der Waals surface area contributed by atoms with Crippen molar-refractivity contribution >= 4 is 0 Å². The van der Waals surface area contributed by atoms with Crippen LogP contribution in [-0.4, -0.2) is 0 Å². The summed E-state index contributed by atoms with van der Waals surface area (Å²) in [6.07, 6.45) is 11.4. The zero-order chi connectivity index (χ0) is 14.7. The Morgan fingerprint density at radius 3 is 2.43 bits per heavy atom. The molecule has 3 rings (SSSR count). The van der Waals surface area contributed by atoms with E-state index < -0.39 is 0 Å². The maximum Gasteiger partial charge on any atom is 0.0991 e. The van der Waals surface area contributed by atoms with Gasteiger partial charge in [-0.05, 0) is 73.5 Å². The van der Waals surface area contributed by atoms with Gasteiger partial charge in [0.2, 0.25) is 0 Å². The van der Waals surface area contributed by atoms with Gasteiger partial charge in [-0.3, -0.25) is 0 Å². The van der Waals surface area contributed by atoms with Crippen molar-refractivity contribution in [3.8, 4) is 6.07 Å². The quantitative estimate of drug-likeness (QED) is 0.701. The summed E-state index contributed by atoms with van der Waals surface area (Å²) in [6, 6.07) is 10.6. The molecule has 1 aromatic rings. The van der Waals surface area contributed by atoms with Crippen LogP contribution in [0.5, 0.6) is 0 Å². The zero-order valence-corrected chi connectivity index (χ0v) is 13.2. The molecular weight excluding hydrogens is 254 g/mol. The molecule has 0 aliphatic heterocycles. The van der Waals surface area contributed by atoms with Crippen molar-refractivity contribution in [2.75, 3.05) is 0 Å². The lowest BCUT2D eigenvalue weighted by Crippen LogP contribution is -2.30. The van der Waals surface area contributed by atoms with Crippen LogP contribution in [0.2, 0.25) is 0 Å². The van der Waals surface area contributed by atoms with Crippen LogP contribution in [0.15, 0.2) is 24.3 Å². The standard InChI is InChI=1S/C20H27N/c1-2-3-15-4-9-20-13-19(11-10-18(20)12-15)17-7-5-16(14-21)6-8-17/h5-8,15,18-20H,2-4,9-13H2,1H3. The fraction of sp³-hybridized carbons (Fsp3) is 0.650. The van der Waals surface area contributed by atoms with Crippen LogP contribution < -0.4 is 0 Å². The van der Waals surface area contributed by atoms with E-state index in [4.69, 9.17) is 5.26 Å². The molecule has 1 nitrogen and oxygen atoms in total. The van der Waals surface area contributed by atoms with E-state index in [0.717, 1.165) is 29.2 Å². The van der Waals surface area contributed by atoms with Crippen LogP contribution in [-0.2, 0) is 0 Å². The van der Waals surface area contributed by atoms with Gasteiger partial charge in [0.15, 0.2) is 0 Å². The minimum Gasteiger partial charge on any atom is -0.192 e. The maximum atomic E-state index is 8.91. The van der Waals surface area contributed by atoms with Crippen molar-refractivity contribution in [3.63, 3.8) is 0 Å². The Morgan fingerprint density at radius 2 is 1.71 bits per heavy atom. The van der Waals surface area contributed by atoms with E-state index in [0.29, 0.717) is 0 Å². The molecule has 21 heavy (non-hydrogen) atoms. The van der Waals surface area contributed by atoms with Gasteiger partial charge in [0.05, 0.1) is 11.6 Å². The van der Waals surface area contributed by atoms with E-state index in [1.807, 2.05) is 12.1 Å². The second-order valence-corrected chi connectivity index (χ2v) is 7.23. The van der Waals surface area contributed by atoms with Crippen LogP contribution in [0.1, 0.15) is 75.3 Å². The summed E-state index contributed by atoms with van der Waals surface area (Å²) < 4.78 is 0. The van der Waals surface area contributed by atoms with Gasteiger partial charge in [0.25, 0.3) is 0 Å². The molecule has 0 saturated heterocycles. The third-order valence-electron chi connectivity index (χ3n) is 5.93. The lowest BCUT2D eigenvalue weighted by atomic mass is 9.63. The van der Waals surface area contributed by atoms with Crippen molar-refractivity contribution in [1.82, 2.24) is 0 Å². The highest BCUT2D eigenvalue weighted by Gasteiger charge is 2.35. The van der Waals surface area contributed by atoms with Gasteiger partial charge in [-0.1, -0.05) is 38.3 Å². The summed E-state index contributed by atoms with van der Waals surface area (Å²) in [5.41, 5.74) is 2.25. The van der Waals surface area contributed by atoms with Crippen LogP contribution in [0.25, 0.3) is 0 Å². The monoisotopic (exact) mass is 281 g/mol. The molecule has 4 unspecified atom stereocenters.